The monoisotopic (exact) mass is 365 g/mol. The van der Waals surface area contributed by atoms with E-state index in [4.69, 9.17) is 0 Å². The van der Waals surface area contributed by atoms with Gasteiger partial charge in [0.25, 0.3) is 10.0 Å². The van der Waals surface area contributed by atoms with Gasteiger partial charge in [-0.1, -0.05) is 46.3 Å². The highest BCUT2D eigenvalue weighted by Crippen LogP contribution is 2.27. The Morgan fingerprint density at radius 1 is 1.19 bits per heavy atom. The maximum absolute atomic E-state index is 13.0. The van der Waals surface area contributed by atoms with E-state index in [1.807, 2.05) is 24.3 Å². The van der Waals surface area contributed by atoms with Crippen molar-refractivity contribution in [2.45, 2.75) is 11.8 Å². The first-order valence-electron chi connectivity index (χ1n) is 6.41. The van der Waals surface area contributed by atoms with Gasteiger partial charge in [-0.25, -0.2) is 8.42 Å². The molecule has 0 saturated carbocycles. The van der Waals surface area contributed by atoms with E-state index in [9.17, 15) is 8.42 Å². The van der Waals surface area contributed by atoms with Crippen molar-refractivity contribution >= 4 is 31.6 Å². The van der Waals surface area contributed by atoms with Gasteiger partial charge < -0.3 is 0 Å². The summed E-state index contributed by atoms with van der Waals surface area (Å²) in [6.45, 7) is 5.67. The fourth-order valence-electron chi connectivity index (χ4n) is 2.02. The highest BCUT2D eigenvalue weighted by molar-refractivity contribution is 9.10. The van der Waals surface area contributed by atoms with E-state index < -0.39 is 10.0 Å². The summed E-state index contributed by atoms with van der Waals surface area (Å²) >= 11 is 3.33. The second-order valence-electron chi connectivity index (χ2n) is 4.57. The molecular formula is C16H16BrNO2S. The molecule has 2 rings (SSSR count). The fraction of sp³-hybridized carbons (Fsp3) is 0.125. The number of nitrogens with zero attached hydrogens (tertiary/aromatic N) is 1. The largest absolute Gasteiger partial charge is 0.264 e. The van der Waals surface area contributed by atoms with Gasteiger partial charge in [0, 0.05) is 4.47 Å². The third kappa shape index (κ3) is 3.36. The van der Waals surface area contributed by atoms with Crippen LogP contribution in [-0.2, 0) is 10.0 Å². The van der Waals surface area contributed by atoms with Gasteiger partial charge in [-0.15, -0.1) is 6.58 Å². The summed E-state index contributed by atoms with van der Waals surface area (Å²) in [6.07, 6.45) is 1.58. The minimum absolute atomic E-state index is 0.221. The summed E-state index contributed by atoms with van der Waals surface area (Å²) in [5.74, 6) is 0. The lowest BCUT2D eigenvalue weighted by Crippen LogP contribution is -2.31. The molecule has 0 atom stereocenters. The van der Waals surface area contributed by atoms with Crippen molar-refractivity contribution in [2.24, 2.45) is 0 Å². The first-order valence-corrected chi connectivity index (χ1v) is 8.65. The van der Waals surface area contributed by atoms with Crippen LogP contribution in [0.15, 0.2) is 70.6 Å². The third-order valence-electron chi connectivity index (χ3n) is 3.06. The number of hydrogen-bond donors (Lipinski definition) is 0. The lowest BCUT2D eigenvalue weighted by Gasteiger charge is -2.24. The van der Waals surface area contributed by atoms with Gasteiger partial charge in [-0.3, -0.25) is 4.31 Å². The Bertz CT molecular complexity index is 742. The van der Waals surface area contributed by atoms with Gasteiger partial charge in [0.2, 0.25) is 0 Å². The molecule has 110 valence electrons. The van der Waals surface area contributed by atoms with Crippen LogP contribution in [0.4, 0.5) is 5.69 Å². The van der Waals surface area contributed by atoms with Crippen LogP contribution in [0.25, 0.3) is 0 Å². The quantitative estimate of drug-likeness (QED) is 0.746. The number of aryl methyl sites for hydroxylation is 1. The molecule has 0 spiro atoms. The number of benzene rings is 2. The molecule has 0 saturated heterocycles. The van der Waals surface area contributed by atoms with E-state index in [1.54, 1.807) is 37.3 Å². The van der Waals surface area contributed by atoms with Gasteiger partial charge in [0.1, 0.15) is 0 Å². The molecule has 0 bridgehead atoms. The highest BCUT2D eigenvalue weighted by atomic mass is 79.9. The second kappa shape index (κ2) is 6.45. The number of hydrogen-bond acceptors (Lipinski definition) is 2. The lowest BCUT2D eigenvalue weighted by molar-refractivity contribution is 0.592. The van der Waals surface area contributed by atoms with Crippen LogP contribution < -0.4 is 4.31 Å². The fourth-order valence-corrected chi connectivity index (χ4v) is 4.23. The van der Waals surface area contributed by atoms with Gasteiger partial charge in [0.15, 0.2) is 0 Å². The molecule has 2 aromatic carbocycles. The van der Waals surface area contributed by atoms with Gasteiger partial charge in [-0.05, 0) is 36.8 Å². The normalized spacial score (nSPS) is 11.1. The molecule has 0 unspecified atom stereocenters. The Balaban J connectivity index is 2.58. The van der Waals surface area contributed by atoms with Crippen molar-refractivity contribution in [1.29, 1.82) is 0 Å². The highest BCUT2D eigenvalue weighted by Gasteiger charge is 2.25. The maximum Gasteiger partial charge on any atom is 0.264 e. The molecule has 5 heteroatoms. The standard InChI is InChI=1S/C16H16BrNO2S/c1-3-11-18(15-7-5-4-6-8-15)21(19,20)16-12-14(17)10-9-13(16)2/h3-10,12H,1,11H2,2H3. The summed E-state index contributed by atoms with van der Waals surface area (Å²) in [5.41, 5.74) is 1.33. The van der Waals surface area contributed by atoms with E-state index in [0.29, 0.717) is 16.1 Å². The summed E-state index contributed by atoms with van der Waals surface area (Å²) in [5, 5.41) is 0. The molecule has 2 aromatic rings. The van der Waals surface area contributed by atoms with Crippen molar-refractivity contribution in [1.82, 2.24) is 0 Å². The molecular weight excluding hydrogens is 350 g/mol. The van der Waals surface area contributed by atoms with Crippen LogP contribution >= 0.6 is 15.9 Å². The molecule has 3 nitrogen and oxygen atoms in total. The van der Waals surface area contributed by atoms with E-state index in [1.165, 1.54) is 4.31 Å². The summed E-state index contributed by atoms with van der Waals surface area (Å²) in [7, 11) is -3.64. The van der Waals surface area contributed by atoms with Crippen LogP contribution in [0.5, 0.6) is 0 Å². The van der Waals surface area contributed by atoms with Gasteiger partial charge in [-0.2, -0.15) is 0 Å². The molecule has 0 N–H and O–H groups in total. The van der Waals surface area contributed by atoms with Crippen molar-refractivity contribution < 1.29 is 8.42 Å². The van der Waals surface area contributed by atoms with Crippen LogP contribution in [0.2, 0.25) is 0 Å². The van der Waals surface area contributed by atoms with E-state index >= 15 is 0 Å². The van der Waals surface area contributed by atoms with E-state index in [0.717, 1.165) is 4.47 Å². The zero-order valence-corrected chi connectivity index (χ0v) is 14.1. The first-order chi connectivity index (χ1) is 9.96. The van der Waals surface area contributed by atoms with E-state index in [2.05, 4.69) is 22.5 Å². The average Bonchev–Trinajstić information content (AvgIpc) is 2.48. The Kier molecular flexibility index (Phi) is 4.85. The maximum atomic E-state index is 13.0. The molecule has 0 aromatic heterocycles. The van der Waals surface area contributed by atoms with Crippen LogP contribution in [-0.4, -0.2) is 15.0 Å². The molecule has 0 aliphatic heterocycles. The zero-order chi connectivity index (χ0) is 15.5. The SMILES string of the molecule is C=CCN(c1ccccc1)S(=O)(=O)c1cc(Br)ccc1C. The summed E-state index contributed by atoms with van der Waals surface area (Å²) in [4.78, 5) is 0.294. The van der Waals surface area contributed by atoms with Crippen molar-refractivity contribution in [3.63, 3.8) is 0 Å². The number of para-hydroxylation sites is 1. The predicted molar refractivity (Wildman–Crippen MR) is 90.0 cm³/mol. The first kappa shape index (κ1) is 15.8. The predicted octanol–water partition coefficient (Wildman–Crippen LogP) is 4.14. The third-order valence-corrected chi connectivity index (χ3v) is 5.49. The Morgan fingerprint density at radius 2 is 1.86 bits per heavy atom. The minimum atomic E-state index is -3.64. The van der Waals surface area contributed by atoms with Gasteiger partial charge >= 0.3 is 0 Å². The smallest absolute Gasteiger partial charge is 0.263 e. The summed E-state index contributed by atoms with van der Waals surface area (Å²) < 4.78 is 28.0. The van der Waals surface area contributed by atoms with Crippen molar-refractivity contribution in [2.75, 3.05) is 10.8 Å². The lowest BCUT2D eigenvalue weighted by atomic mass is 10.2. The number of anilines is 1. The van der Waals surface area contributed by atoms with Crippen LogP contribution in [0.1, 0.15) is 5.56 Å². The number of sulfonamides is 1. The van der Waals surface area contributed by atoms with Crippen LogP contribution in [0.3, 0.4) is 0 Å². The van der Waals surface area contributed by atoms with E-state index in [-0.39, 0.29) is 6.54 Å². The Hall–Kier alpha value is -1.59. The Labute approximate surface area is 134 Å². The molecule has 21 heavy (non-hydrogen) atoms. The van der Waals surface area contributed by atoms with Crippen LogP contribution in [0, 0.1) is 6.92 Å². The molecule has 0 fully saturated rings. The van der Waals surface area contributed by atoms with Crippen molar-refractivity contribution in [3.8, 4) is 0 Å². The average molecular weight is 366 g/mol. The number of halogens is 1. The van der Waals surface area contributed by atoms with Crippen molar-refractivity contribution in [3.05, 3.63) is 71.2 Å². The molecule has 0 heterocycles. The zero-order valence-electron chi connectivity index (χ0n) is 11.7. The minimum Gasteiger partial charge on any atom is -0.263 e. The number of rotatable bonds is 5. The topological polar surface area (TPSA) is 37.4 Å². The molecule has 0 aliphatic rings. The molecule has 0 aliphatic carbocycles. The second-order valence-corrected chi connectivity index (χ2v) is 7.32. The summed E-state index contributed by atoms with van der Waals surface area (Å²) in [6, 6.07) is 14.3. The Morgan fingerprint density at radius 3 is 2.48 bits per heavy atom. The molecule has 0 amide bonds. The van der Waals surface area contributed by atoms with Gasteiger partial charge in [0.05, 0.1) is 17.1 Å². The molecule has 0 radical (unpaired) electrons.